The third-order valence-corrected chi connectivity index (χ3v) is 3.39. The van der Waals surface area contributed by atoms with Crippen molar-refractivity contribution >= 4 is 0 Å². The molecule has 0 aromatic heterocycles. The predicted molar refractivity (Wildman–Crippen MR) is 79.5 cm³/mol. The average Bonchev–Trinajstić information content (AvgIpc) is 2.49. The van der Waals surface area contributed by atoms with Gasteiger partial charge < -0.3 is 19.5 Å². The van der Waals surface area contributed by atoms with Gasteiger partial charge in [-0.2, -0.15) is 0 Å². The second-order valence-corrected chi connectivity index (χ2v) is 4.96. The van der Waals surface area contributed by atoms with Crippen molar-refractivity contribution in [3.05, 3.63) is 24.3 Å². The first kappa shape index (κ1) is 15.1. The lowest BCUT2D eigenvalue weighted by atomic mass is 10.1. The SMILES string of the molecule is CCCNC1CCOCC1Oc1ccccc1OCC. The Hall–Kier alpha value is -1.26. The Morgan fingerprint density at radius 2 is 2.05 bits per heavy atom. The van der Waals surface area contributed by atoms with Crippen LogP contribution in [0.15, 0.2) is 24.3 Å². The van der Waals surface area contributed by atoms with Crippen LogP contribution in [0.3, 0.4) is 0 Å². The van der Waals surface area contributed by atoms with Gasteiger partial charge in [-0.05, 0) is 38.4 Å². The number of hydrogen-bond acceptors (Lipinski definition) is 4. The van der Waals surface area contributed by atoms with E-state index in [0.29, 0.717) is 19.3 Å². The Morgan fingerprint density at radius 1 is 1.25 bits per heavy atom. The molecule has 1 aromatic carbocycles. The summed E-state index contributed by atoms with van der Waals surface area (Å²) in [4.78, 5) is 0. The summed E-state index contributed by atoms with van der Waals surface area (Å²) in [5, 5.41) is 3.55. The van der Waals surface area contributed by atoms with Crippen molar-refractivity contribution in [3.8, 4) is 11.5 Å². The summed E-state index contributed by atoms with van der Waals surface area (Å²) in [6.07, 6.45) is 2.15. The van der Waals surface area contributed by atoms with Crippen molar-refractivity contribution in [3.63, 3.8) is 0 Å². The van der Waals surface area contributed by atoms with Gasteiger partial charge in [-0.25, -0.2) is 0 Å². The highest BCUT2D eigenvalue weighted by Crippen LogP contribution is 2.28. The Bertz CT molecular complexity index is 397. The van der Waals surface area contributed by atoms with Gasteiger partial charge in [0, 0.05) is 12.6 Å². The van der Waals surface area contributed by atoms with Crippen molar-refractivity contribution in [2.24, 2.45) is 0 Å². The molecule has 1 aromatic rings. The Labute approximate surface area is 121 Å². The molecule has 0 aliphatic carbocycles. The van der Waals surface area contributed by atoms with E-state index in [9.17, 15) is 0 Å². The quantitative estimate of drug-likeness (QED) is 0.833. The largest absolute Gasteiger partial charge is 0.490 e. The molecule has 2 unspecified atom stereocenters. The van der Waals surface area contributed by atoms with E-state index in [0.717, 1.165) is 37.5 Å². The fourth-order valence-electron chi connectivity index (χ4n) is 2.38. The van der Waals surface area contributed by atoms with Crippen molar-refractivity contribution in [2.75, 3.05) is 26.4 Å². The fraction of sp³-hybridized carbons (Fsp3) is 0.625. The summed E-state index contributed by atoms with van der Waals surface area (Å²) in [6.45, 7) is 7.23. The summed E-state index contributed by atoms with van der Waals surface area (Å²) >= 11 is 0. The maximum Gasteiger partial charge on any atom is 0.161 e. The van der Waals surface area contributed by atoms with E-state index in [4.69, 9.17) is 14.2 Å². The summed E-state index contributed by atoms with van der Waals surface area (Å²) in [6, 6.07) is 8.17. The minimum absolute atomic E-state index is 0.0388. The van der Waals surface area contributed by atoms with Crippen molar-refractivity contribution < 1.29 is 14.2 Å². The summed E-state index contributed by atoms with van der Waals surface area (Å²) in [5.74, 6) is 1.60. The number of hydrogen-bond donors (Lipinski definition) is 1. The molecule has 0 saturated carbocycles. The van der Waals surface area contributed by atoms with Crippen molar-refractivity contribution in [1.82, 2.24) is 5.32 Å². The monoisotopic (exact) mass is 279 g/mol. The molecule has 1 saturated heterocycles. The maximum atomic E-state index is 6.14. The van der Waals surface area contributed by atoms with Gasteiger partial charge in [-0.15, -0.1) is 0 Å². The molecule has 1 heterocycles. The second kappa shape index (κ2) is 8.12. The first-order valence-electron chi connectivity index (χ1n) is 7.54. The van der Waals surface area contributed by atoms with Crippen LogP contribution in [0.25, 0.3) is 0 Å². The molecule has 2 atom stereocenters. The summed E-state index contributed by atoms with van der Waals surface area (Å²) in [5.41, 5.74) is 0. The maximum absolute atomic E-state index is 6.14. The molecule has 2 rings (SSSR count). The van der Waals surface area contributed by atoms with Crippen LogP contribution < -0.4 is 14.8 Å². The van der Waals surface area contributed by atoms with Gasteiger partial charge in [-0.1, -0.05) is 19.1 Å². The molecule has 1 aliphatic heterocycles. The zero-order valence-corrected chi connectivity index (χ0v) is 12.4. The second-order valence-electron chi connectivity index (χ2n) is 4.96. The smallest absolute Gasteiger partial charge is 0.161 e. The number of rotatable bonds is 7. The highest BCUT2D eigenvalue weighted by atomic mass is 16.6. The zero-order chi connectivity index (χ0) is 14.2. The number of benzene rings is 1. The van der Waals surface area contributed by atoms with E-state index in [1.54, 1.807) is 0 Å². The molecule has 0 radical (unpaired) electrons. The van der Waals surface area contributed by atoms with Gasteiger partial charge in [0.05, 0.1) is 13.2 Å². The van der Waals surface area contributed by atoms with E-state index < -0.39 is 0 Å². The summed E-state index contributed by atoms with van der Waals surface area (Å²) in [7, 11) is 0. The Kier molecular flexibility index (Phi) is 6.15. The minimum atomic E-state index is 0.0388. The normalized spacial score (nSPS) is 22.5. The van der Waals surface area contributed by atoms with Gasteiger partial charge in [0.15, 0.2) is 11.5 Å². The van der Waals surface area contributed by atoms with Crippen LogP contribution in [0.5, 0.6) is 11.5 Å². The van der Waals surface area contributed by atoms with Gasteiger partial charge in [-0.3, -0.25) is 0 Å². The molecule has 1 aliphatic rings. The predicted octanol–water partition coefficient (Wildman–Crippen LogP) is 2.62. The van der Waals surface area contributed by atoms with Gasteiger partial charge >= 0.3 is 0 Å². The molecule has 0 bridgehead atoms. The zero-order valence-electron chi connectivity index (χ0n) is 12.4. The van der Waals surface area contributed by atoms with Crippen LogP contribution in [0.1, 0.15) is 26.7 Å². The number of ether oxygens (including phenoxy) is 3. The van der Waals surface area contributed by atoms with Crippen LogP contribution in [-0.2, 0) is 4.74 Å². The number of para-hydroxylation sites is 2. The lowest BCUT2D eigenvalue weighted by Crippen LogP contribution is -2.49. The highest BCUT2D eigenvalue weighted by molar-refractivity contribution is 5.39. The van der Waals surface area contributed by atoms with Crippen LogP contribution in [0, 0.1) is 0 Å². The standard InChI is InChI=1S/C16H25NO3/c1-3-10-17-13-9-11-18-12-16(13)20-15-8-6-5-7-14(15)19-4-2/h5-8,13,16-17H,3-4,9-12H2,1-2H3. The van der Waals surface area contributed by atoms with E-state index in [1.165, 1.54) is 0 Å². The van der Waals surface area contributed by atoms with Gasteiger partial charge in [0.2, 0.25) is 0 Å². The van der Waals surface area contributed by atoms with E-state index in [2.05, 4.69) is 12.2 Å². The van der Waals surface area contributed by atoms with Crippen molar-refractivity contribution in [2.45, 2.75) is 38.8 Å². The third kappa shape index (κ3) is 4.12. The molecule has 4 nitrogen and oxygen atoms in total. The van der Waals surface area contributed by atoms with E-state index in [-0.39, 0.29) is 6.10 Å². The van der Waals surface area contributed by atoms with Crippen LogP contribution in [0.2, 0.25) is 0 Å². The fourth-order valence-corrected chi connectivity index (χ4v) is 2.38. The van der Waals surface area contributed by atoms with E-state index in [1.807, 2.05) is 31.2 Å². The van der Waals surface area contributed by atoms with Crippen LogP contribution in [-0.4, -0.2) is 38.5 Å². The van der Waals surface area contributed by atoms with Gasteiger partial charge in [0.25, 0.3) is 0 Å². The first-order valence-corrected chi connectivity index (χ1v) is 7.54. The van der Waals surface area contributed by atoms with Crippen molar-refractivity contribution in [1.29, 1.82) is 0 Å². The molecule has 112 valence electrons. The lowest BCUT2D eigenvalue weighted by molar-refractivity contribution is -0.0156. The number of nitrogens with one attached hydrogen (secondary N) is 1. The molecular weight excluding hydrogens is 254 g/mol. The first-order chi connectivity index (χ1) is 9.85. The molecule has 20 heavy (non-hydrogen) atoms. The molecule has 4 heteroatoms. The molecule has 0 spiro atoms. The molecular formula is C16H25NO3. The molecule has 1 N–H and O–H groups in total. The Morgan fingerprint density at radius 3 is 2.80 bits per heavy atom. The molecule has 1 fully saturated rings. The average molecular weight is 279 g/mol. The third-order valence-electron chi connectivity index (χ3n) is 3.39. The van der Waals surface area contributed by atoms with Crippen LogP contribution in [0.4, 0.5) is 0 Å². The lowest BCUT2D eigenvalue weighted by Gasteiger charge is -2.32. The Balaban J connectivity index is 2.02. The van der Waals surface area contributed by atoms with E-state index >= 15 is 0 Å². The summed E-state index contributed by atoms with van der Waals surface area (Å²) < 4.78 is 17.3. The minimum Gasteiger partial charge on any atom is -0.490 e. The highest BCUT2D eigenvalue weighted by Gasteiger charge is 2.27. The topological polar surface area (TPSA) is 39.7 Å². The van der Waals surface area contributed by atoms with Crippen LogP contribution >= 0.6 is 0 Å². The molecule has 0 amide bonds. The van der Waals surface area contributed by atoms with Gasteiger partial charge in [0.1, 0.15) is 6.10 Å².